The maximum atomic E-state index is 12.7. The minimum absolute atomic E-state index is 0.0108. The lowest BCUT2D eigenvalue weighted by molar-refractivity contribution is -0.196. The molecule has 0 amide bonds. The first kappa shape index (κ1) is 24.6. The van der Waals surface area contributed by atoms with E-state index in [1.54, 1.807) is 5.57 Å². The number of aliphatic hydroxyl groups excluding tert-OH is 1. The van der Waals surface area contributed by atoms with Crippen molar-refractivity contribution in [1.82, 2.24) is 0 Å². The van der Waals surface area contributed by atoms with Gasteiger partial charge in [-0.2, -0.15) is 0 Å². The zero-order valence-corrected chi connectivity index (χ0v) is 22.8. The molecule has 1 N–H and O–H groups in total. The highest BCUT2D eigenvalue weighted by Gasteiger charge is 2.67. The van der Waals surface area contributed by atoms with Crippen molar-refractivity contribution in [3.05, 3.63) is 23.3 Å². The molecule has 3 fully saturated rings. The smallest absolute Gasteiger partial charge is 0.312 e. The summed E-state index contributed by atoms with van der Waals surface area (Å²) < 4.78 is 5.44. The van der Waals surface area contributed by atoms with E-state index >= 15 is 0 Å². The van der Waals surface area contributed by atoms with Gasteiger partial charge in [-0.15, -0.1) is 0 Å². The van der Waals surface area contributed by atoms with Gasteiger partial charge in [0.2, 0.25) is 0 Å². The Kier molecular flexibility index (Phi) is 5.57. The predicted octanol–water partition coefficient (Wildman–Crippen LogP) is 7.24. The minimum atomic E-state index is -0.178. The Morgan fingerprint density at radius 2 is 1.68 bits per heavy atom. The van der Waals surface area contributed by atoms with Gasteiger partial charge in [0.1, 0.15) is 0 Å². The molecule has 3 heteroatoms. The summed E-state index contributed by atoms with van der Waals surface area (Å²) in [7, 11) is 0. The number of hydrogen-bond acceptors (Lipinski definition) is 3. The van der Waals surface area contributed by atoms with Crippen molar-refractivity contribution >= 4 is 5.97 Å². The average Bonchev–Trinajstić information content (AvgIpc) is 2.77. The summed E-state index contributed by atoms with van der Waals surface area (Å²) in [6, 6.07) is 0. The number of rotatable bonds is 2. The second kappa shape index (κ2) is 7.70. The van der Waals surface area contributed by atoms with Gasteiger partial charge >= 0.3 is 5.97 Å². The highest BCUT2D eigenvalue weighted by molar-refractivity contribution is 5.75. The Balaban J connectivity index is 1.57. The number of carbonyl (C=O) groups excluding carboxylic acids is 1. The summed E-state index contributed by atoms with van der Waals surface area (Å²) in [6.45, 7) is 17.2. The zero-order valence-electron chi connectivity index (χ0n) is 22.8. The van der Waals surface area contributed by atoms with Gasteiger partial charge in [-0.1, -0.05) is 53.7 Å². The fourth-order valence-electron chi connectivity index (χ4n) is 10.1. The molecule has 190 valence electrons. The van der Waals surface area contributed by atoms with Crippen LogP contribution in [0.3, 0.4) is 0 Å². The second-order valence-corrected chi connectivity index (χ2v) is 14.2. The zero-order chi connectivity index (χ0) is 24.7. The van der Waals surface area contributed by atoms with Crippen molar-refractivity contribution in [2.45, 2.75) is 112 Å². The largest absolute Gasteiger partial charge is 0.466 e. The van der Waals surface area contributed by atoms with Crippen LogP contribution in [0, 0.1) is 44.8 Å². The Morgan fingerprint density at radius 1 is 0.941 bits per heavy atom. The molecule has 0 saturated heterocycles. The number of esters is 1. The summed E-state index contributed by atoms with van der Waals surface area (Å²) >= 11 is 0. The lowest BCUT2D eigenvalue weighted by atomic mass is 9.34. The summed E-state index contributed by atoms with van der Waals surface area (Å²) in [4.78, 5) is 12.7. The molecule has 3 saturated carbocycles. The molecule has 0 spiro atoms. The maximum Gasteiger partial charge on any atom is 0.312 e. The first-order valence-corrected chi connectivity index (χ1v) is 14.1. The van der Waals surface area contributed by atoms with Gasteiger partial charge in [0.15, 0.2) is 0 Å². The normalized spacial score (nSPS) is 49.4. The van der Waals surface area contributed by atoms with Crippen LogP contribution in [0.4, 0.5) is 0 Å². The summed E-state index contributed by atoms with van der Waals surface area (Å²) in [5.41, 5.74) is 3.88. The molecule has 3 nitrogen and oxygen atoms in total. The van der Waals surface area contributed by atoms with Crippen LogP contribution < -0.4 is 0 Å². The van der Waals surface area contributed by atoms with E-state index in [0.717, 1.165) is 32.1 Å². The lowest BCUT2D eigenvalue weighted by Gasteiger charge is -2.70. The van der Waals surface area contributed by atoms with Crippen LogP contribution in [-0.2, 0) is 9.53 Å². The summed E-state index contributed by atoms with van der Waals surface area (Å²) in [6.07, 6.45) is 14.9. The van der Waals surface area contributed by atoms with E-state index in [-0.39, 0.29) is 45.1 Å². The molecule has 0 heterocycles. The van der Waals surface area contributed by atoms with Crippen molar-refractivity contribution in [3.8, 4) is 0 Å². The van der Waals surface area contributed by atoms with E-state index in [1.807, 2.05) is 6.92 Å². The van der Waals surface area contributed by atoms with Gasteiger partial charge in [0.05, 0.1) is 18.6 Å². The van der Waals surface area contributed by atoms with Gasteiger partial charge in [-0.3, -0.25) is 4.79 Å². The van der Waals surface area contributed by atoms with E-state index in [0.29, 0.717) is 18.4 Å². The Morgan fingerprint density at radius 3 is 2.38 bits per heavy atom. The molecule has 0 bridgehead atoms. The molecular weight excluding hydrogens is 420 g/mol. The fourth-order valence-corrected chi connectivity index (χ4v) is 10.1. The molecular formula is C31H48O3. The Hall–Kier alpha value is -1.09. The van der Waals surface area contributed by atoms with Crippen LogP contribution in [0.15, 0.2) is 23.3 Å². The molecule has 0 aromatic heterocycles. The van der Waals surface area contributed by atoms with Crippen molar-refractivity contribution in [2.24, 2.45) is 44.8 Å². The standard InChI is InChI=1S/C31H48O3/c1-8-34-26(33)20-11-14-28(4)17-18-30(6)21(22(28)19-20)9-10-24-29(5)15-13-25(32)27(2,3)23(29)12-16-31(24,30)7/h9,19-20,23-25,32H,8,10-18H2,1-7H3. The third-order valence-corrected chi connectivity index (χ3v) is 12.5. The van der Waals surface area contributed by atoms with Crippen molar-refractivity contribution < 1.29 is 14.6 Å². The summed E-state index contributed by atoms with van der Waals surface area (Å²) in [5, 5.41) is 10.9. The molecule has 8 atom stereocenters. The Labute approximate surface area is 207 Å². The second-order valence-electron chi connectivity index (χ2n) is 14.2. The first-order valence-electron chi connectivity index (χ1n) is 14.1. The third-order valence-electron chi connectivity index (χ3n) is 12.5. The van der Waals surface area contributed by atoms with E-state index in [9.17, 15) is 9.90 Å². The van der Waals surface area contributed by atoms with Crippen molar-refractivity contribution in [2.75, 3.05) is 6.61 Å². The molecule has 0 aromatic carbocycles. The summed E-state index contributed by atoms with van der Waals surface area (Å²) in [5.74, 6) is 1.09. The average molecular weight is 469 g/mol. The molecule has 5 aliphatic rings. The number of fused-ring (bicyclic) bond motifs is 7. The highest BCUT2D eigenvalue weighted by atomic mass is 16.5. The quantitative estimate of drug-likeness (QED) is 0.434. The van der Waals surface area contributed by atoms with E-state index in [2.05, 4.69) is 53.7 Å². The molecule has 5 rings (SSSR count). The first-order chi connectivity index (χ1) is 15.8. The number of carbonyl (C=O) groups is 1. The lowest BCUT2D eigenvalue weighted by Crippen LogP contribution is -2.63. The molecule has 0 radical (unpaired) electrons. The fraction of sp³-hybridized carbons (Fsp3) is 0.839. The van der Waals surface area contributed by atoms with E-state index < -0.39 is 0 Å². The molecule has 0 aromatic rings. The maximum absolute atomic E-state index is 12.7. The van der Waals surface area contributed by atoms with Crippen LogP contribution in [0.2, 0.25) is 0 Å². The molecule has 8 unspecified atom stereocenters. The van der Waals surface area contributed by atoms with Crippen LogP contribution in [0.5, 0.6) is 0 Å². The Bertz CT molecular complexity index is 929. The number of hydrogen-bond donors (Lipinski definition) is 1. The topological polar surface area (TPSA) is 46.5 Å². The molecule has 0 aliphatic heterocycles. The van der Waals surface area contributed by atoms with Gasteiger partial charge in [0, 0.05) is 0 Å². The highest BCUT2D eigenvalue weighted by Crippen LogP contribution is 2.74. The van der Waals surface area contributed by atoms with Gasteiger partial charge < -0.3 is 9.84 Å². The third kappa shape index (κ3) is 3.07. The number of aliphatic hydroxyl groups is 1. The van der Waals surface area contributed by atoms with Gasteiger partial charge in [0.25, 0.3) is 0 Å². The van der Waals surface area contributed by atoms with Crippen LogP contribution >= 0.6 is 0 Å². The SMILES string of the molecule is CCOC(=O)C1C=C2C3=CCC4C5(C)CCC(O)C(C)(C)C5CCC4(C)C3(C)CCC2(C)CC1. The van der Waals surface area contributed by atoms with Crippen LogP contribution in [0.25, 0.3) is 0 Å². The number of ether oxygens (including phenoxy) is 1. The van der Waals surface area contributed by atoms with Crippen molar-refractivity contribution in [3.63, 3.8) is 0 Å². The van der Waals surface area contributed by atoms with Crippen LogP contribution in [-0.4, -0.2) is 23.8 Å². The van der Waals surface area contributed by atoms with Gasteiger partial charge in [-0.05, 0) is 115 Å². The van der Waals surface area contributed by atoms with E-state index in [4.69, 9.17) is 4.74 Å². The monoisotopic (exact) mass is 468 g/mol. The van der Waals surface area contributed by atoms with E-state index in [1.165, 1.54) is 31.3 Å². The number of allylic oxidation sites excluding steroid dienone is 3. The van der Waals surface area contributed by atoms with Gasteiger partial charge in [-0.25, -0.2) is 0 Å². The predicted molar refractivity (Wildman–Crippen MR) is 137 cm³/mol. The minimum Gasteiger partial charge on any atom is -0.466 e. The molecule has 5 aliphatic carbocycles. The van der Waals surface area contributed by atoms with Crippen LogP contribution in [0.1, 0.15) is 106 Å². The van der Waals surface area contributed by atoms with Crippen molar-refractivity contribution in [1.29, 1.82) is 0 Å². The molecule has 34 heavy (non-hydrogen) atoms.